The van der Waals surface area contributed by atoms with Crippen molar-refractivity contribution in [1.82, 2.24) is 0 Å². The summed E-state index contributed by atoms with van der Waals surface area (Å²) in [7, 11) is -2.72. The first-order valence-electron chi connectivity index (χ1n) is 12.0. The third kappa shape index (κ3) is 5.17. The van der Waals surface area contributed by atoms with Crippen molar-refractivity contribution in [3.8, 4) is 0 Å². The molecule has 7 nitrogen and oxygen atoms in total. The highest BCUT2D eigenvalue weighted by molar-refractivity contribution is 7.92. The molecule has 0 atom stereocenters. The summed E-state index contributed by atoms with van der Waals surface area (Å²) < 4.78 is 33.7. The Morgan fingerprint density at radius 3 is 2.44 bits per heavy atom. The fraction of sp³-hybridized carbons (Fsp3) is 0.333. The standard InChI is InChI=1S/C27H30N2O5S2/c1-4-19-9-5-7-11-22(19)29(36(32,33)20-15-13-18(2)14-16-20)17-24(30)28-26-25(27(31)34-3)21-10-6-8-12-23(21)35-26/h5,7,9,11,13-16H,4,6,8,10,12,17H2,1-3H3,(H,28,30). The van der Waals surface area contributed by atoms with E-state index in [1.165, 1.54) is 18.4 Å². The Hall–Kier alpha value is -3.17. The van der Waals surface area contributed by atoms with Crippen molar-refractivity contribution < 1.29 is 22.7 Å². The van der Waals surface area contributed by atoms with Gasteiger partial charge in [-0.2, -0.15) is 0 Å². The molecule has 2 aromatic carbocycles. The molecule has 0 saturated carbocycles. The van der Waals surface area contributed by atoms with Gasteiger partial charge in [-0.1, -0.05) is 42.8 Å². The van der Waals surface area contributed by atoms with Gasteiger partial charge in [-0.3, -0.25) is 9.10 Å². The lowest BCUT2D eigenvalue weighted by Crippen LogP contribution is -2.38. The maximum atomic E-state index is 13.8. The van der Waals surface area contributed by atoms with Gasteiger partial charge in [0.25, 0.3) is 10.0 Å². The molecule has 0 spiro atoms. The van der Waals surface area contributed by atoms with Gasteiger partial charge >= 0.3 is 5.97 Å². The number of anilines is 2. The number of rotatable bonds is 8. The summed E-state index contributed by atoms with van der Waals surface area (Å²) in [6, 6.07) is 13.7. The fourth-order valence-corrected chi connectivity index (χ4v) is 7.21. The smallest absolute Gasteiger partial charge is 0.341 e. The number of benzene rings is 2. The number of carbonyl (C=O) groups is 2. The average molecular weight is 527 g/mol. The number of carbonyl (C=O) groups excluding carboxylic acids is 2. The van der Waals surface area contributed by atoms with Crippen LogP contribution in [-0.4, -0.2) is 33.9 Å². The molecule has 3 aromatic rings. The third-order valence-electron chi connectivity index (χ3n) is 6.35. The van der Waals surface area contributed by atoms with E-state index in [2.05, 4.69) is 5.32 Å². The highest BCUT2D eigenvalue weighted by Crippen LogP contribution is 2.38. The normalized spacial score (nSPS) is 13.1. The van der Waals surface area contributed by atoms with Crippen LogP contribution in [0.3, 0.4) is 0 Å². The minimum Gasteiger partial charge on any atom is -0.465 e. The second-order valence-electron chi connectivity index (χ2n) is 8.76. The Labute approximate surface area is 216 Å². The molecule has 1 heterocycles. The summed E-state index contributed by atoms with van der Waals surface area (Å²) in [5.74, 6) is -1.02. The molecule has 4 rings (SSSR count). The van der Waals surface area contributed by atoms with E-state index in [1.807, 2.05) is 26.0 Å². The molecule has 190 valence electrons. The first kappa shape index (κ1) is 25.9. The molecule has 1 aromatic heterocycles. The molecule has 0 fully saturated rings. The Morgan fingerprint density at radius 2 is 1.75 bits per heavy atom. The third-order valence-corrected chi connectivity index (χ3v) is 9.33. The number of esters is 1. The van der Waals surface area contributed by atoms with E-state index in [-0.39, 0.29) is 4.90 Å². The summed E-state index contributed by atoms with van der Waals surface area (Å²) in [6.07, 6.45) is 4.19. The molecule has 0 saturated heterocycles. The molecule has 1 amide bonds. The number of nitrogens with one attached hydrogen (secondary N) is 1. The summed E-state index contributed by atoms with van der Waals surface area (Å²) in [6.45, 7) is 3.39. The molecule has 0 aliphatic heterocycles. The van der Waals surface area contributed by atoms with Crippen molar-refractivity contribution in [2.75, 3.05) is 23.3 Å². The minimum absolute atomic E-state index is 0.105. The number of para-hydroxylation sites is 1. The van der Waals surface area contributed by atoms with E-state index in [9.17, 15) is 18.0 Å². The number of thiophene rings is 1. The number of aryl methyl sites for hydroxylation is 3. The zero-order valence-corrected chi connectivity index (χ0v) is 22.3. The second kappa shape index (κ2) is 10.8. The van der Waals surface area contributed by atoms with Crippen LogP contribution in [-0.2, 0) is 38.8 Å². The van der Waals surface area contributed by atoms with Crippen molar-refractivity contribution in [3.63, 3.8) is 0 Å². The predicted octanol–water partition coefficient (Wildman–Crippen LogP) is 5.12. The van der Waals surface area contributed by atoms with Crippen molar-refractivity contribution in [2.45, 2.75) is 50.8 Å². The SMILES string of the molecule is CCc1ccccc1N(CC(=O)Nc1sc2c(c1C(=O)OC)CCCC2)S(=O)(=O)c1ccc(C)cc1. The molecule has 1 N–H and O–H groups in total. The van der Waals surface area contributed by atoms with E-state index in [1.54, 1.807) is 36.4 Å². The van der Waals surface area contributed by atoms with Crippen LogP contribution in [0.4, 0.5) is 10.7 Å². The van der Waals surface area contributed by atoms with Gasteiger partial charge in [0.05, 0.1) is 23.3 Å². The van der Waals surface area contributed by atoms with Gasteiger partial charge < -0.3 is 10.1 Å². The van der Waals surface area contributed by atoms with Crippen LogP contribution in [0.2, 0.25) is 0 Å². The average Bonchev–Trinajstić information content (AvgIpc) is 3.24. The first-order chi connectivity index (χ1) is 17.3. The van der Waals surface area contributed by atoms with Crippen LogP contribution in [0.25, 0.3) is 0 Å². The summed E-state index contributed by atoms with van der Waals surface area (Å²) in [5, 5.41) is 3.24. The Balaban J connectivity index is 1.71. The van der Waals surface area contributed by atoms with Crippen LogP contribution in [0.1, 0.15) is 51.7 Å². The van der Waals surface area contributed by atoms with Crippen molar-refractivity contribution in [3.05, 3.63) is 75.7 Å². The quantitative estimate of drug-likeness (QED) is 0.412. The summed E-state index contributed by atoms with van der Waals surface area (Å²) >= 11 is 1.37. The Morgan fingerprint density at radius 1 is 1.06 bits per heavy atom. The molecule has 0 unspecified atom stereocenters. The number of fused-ring (bicyclic) bond motifs is 1. The zero-order chi connectivity index (χ0) is 25.9. The minimum atomic E-state index is -4.04. The van der Waals surface area contributed by atoms with Crippen molar-refractivity contribution in [1.29, 1.82) is 0 Å². The largest absolute Gasteiger partial charge is 0.465 e. The number of ether oxygens (including phenoxy) is 1. The van der Waals surface area contributed by atoms with E-state index in [0.717, 1.165) is 51.6 Å². The number of sulfonamides is 1. The lowest BCUT2D eigenvalue weighted by Gasteiger charge is -2.26. The van der Waals surface area contributed by atoms with Crippen molar-refractivity contribution in [2.24, 2.45) is 0 Å². The van der Waals surface area contributed by atoms with E-state index in [0.29, 0.717) is 22.7 Å². The van der Waals surface area contributed by atoms with Gasteiger partial charge in [-0.15, -0.1) is 11.3 Å². The molecule has 0 bridgehead atoms. The van der Waals surface area contributed by atoms with Gasteiger partial charge in [0.1, 0.15) is 11.5 Å². The number of hydrogen-bond donors (Lipinski definition) is 1. The molecule has 0 radical (unpaired) electrons. The number of methoxy groups -OCH3 is 1. The predicted molar refractivity (Wildman–Crippen MR) is 142 cm³/mol. The monoisotopic (exact) mass is 526 g/mol. The molecular formula is C27H30N2O5S2. The van der Waals surface area contributed by atoms with Gasteiger partial charge in [0.15, 0.2) is 0 Å². The fourth-order valence-electron chi connectivity index (χ4n) is 4.46. The topological polar surface area (TPSA) is 92.8 Å². The van der Waals surface area contributed by atoms with Gasteiger partial charge in [-0.05, 0) is 68.4 Å². The maximum absolute atomic E-state index is 13.8. The van der Waals surface area contributed by atoms with Crippen LogP contribution >= 0.6 is 11.3 Å². The van der Waals surface area contributed by atoms with Crippen LogP contribution < -0.4 is 9.62 Å². The van der Waals surface area contributed by atoms with E-state index in [4.69, 9.17) is 4.74 Å². The summed E-state index contributed by atoms with van der Waals surface area (Å²) in [5.41, 5.74) is 3.50. The Kier molecular flexibility index (Phi) is 7.80. The highest BCUT2D eigenvalue weighted by Gasteiger charge is 2.31. The molecule has 1 aliphatic rings. The first-order valence-corrected chi connectivity index (χ1v) is 14.2. The lowest BCUT2D eigenvalue weighted by molar-refractivity contribution is -0.114. The number of hydrogen-bond acceptors (Lipinski definition) is 6. The van der Waals surface area contributed by atoms with Gasteiger partial charge in [0, 0.05) is 4.88 Å². The van der Waals surface area contributed by atoms with Gasteiger partial charge in [0.2, 0.25) is 5.91 Å². The van der Waals surface area contributed by atoms with Crippen LogP contribution in [0.15, 0.2) is 53.4 Å². The zero-order valence-electron chi connectivity index (χ0n) is 20.7. The molecular weight excluding hydrogens is 496 g/mol. The molecule has 9 heteroatoms. The van der Waals surface area contributed by atoms with Crippen LogP contribution in [0, 0.1) is 6.92 Å². The highest BCUT2D eigenvalue weighted by atomic mass is 32.2. The molecule has 36 heavy (non-hydrogen) atoms. The van der Waals surface area contributed by atoms with E-state index < -0.39 is 28.4 Å². The summed E-state index contributed by atoms with van der Waals surface area (Å²) in [4.78, 5) is 27.1. The maximum Gasteiger partial charge on any atom is 0.341 e. The molecule has 1 aliphatic carbocycles. The Bertz CT molecular complexity index is 1380. The number of amides is 1. The lowest BCUT2D eigenvalue weighted by atomic mass is 9.95. The second-order valence-corrected chi connectivity index (χ2v) is 11.7. The number of nitrogens with zero attached hydrogens (tertiary/aromatic N) is 1. The van der Waals surface area contributed by atoms with Gasteiger partial charge in [-0.25, -0.2) is 13.2 Å². The van der Waals surface area contributed by atoms with E-state index >= 15 is 0 Å². The van der Waals surface area contributed by atoms with Crippen LogP contribution in [0.5, 0.6) is 0 Å². The van der Waals surface area contributed by atoms with Crippen molar-refractivity contribution >= 4 is 43.9 Å².